The molecule has 0 saturated carbocycles. The Morgan fingerprint density at radius 1 is 1.05 bits per heavy atom. The average molecular weight is 330 g/mol. The number of rotatable bonds is 4. The molecule has 0 aliphatic carbocycles. The van der Waals surface area contributed by atoms with Gasteiger partial charge in [0, 0.05) is 0 Å². The fourth-order valence-electron chi connectivity index (χ4n) is 2.16. The Balaban J connectivity index is 0.000000980. The molecule has 3 N–H and O–H groups in total. The molecule has 0 unspecified atom stereocenters. The number of aromatic hydroxyl groups is 1. The molecular formula is C17H31O4P. The zero-order chi connectivity index (χ0) is 17.7. The summed E-state index contributed by atoms with van der Waals surface area (Å²) in [5.74, 6) is 1.21. The van der Waals surface area contributed by atoms with E-state index in [1.807, 2.05) is 0 Å². The molecule has 0 fully saturated rings. The predicted octanol–water partition coefficient (Wildman–Crippen LogP) is 4.69. The van der Waals surface area contributed by atoms with Crippen LogP contribution in [-0.2, 0) is 9.98 Å². The van der Waals surface area contributed by atoms with Crippen molar-refractivity contribution >= 4 is 8.25 Å². The van der Waals surface area contributed by atoms with E-state index < -0.39 is 8.25 Å². The summed E-state index contributed by atoms with van der Waals surface area (Å²) in [6.07, 6.45) is 1.10. The Labute approximate surface area is 135 Å². The molecule has 0 saturated heterocycles. The molecule has 0 radical (unpaired) electrons. The summed E-state index contributed by atoms with van der Waals surface area (Å²) in [5.41, 5.74) is 3.67. The normalized spacial score (nSPS) is 11.8. The van der Waals surface area contributed by atoms with Crippen LogP contribution in [0.5, 0.6) is 5.75 Å². The molecule has 0 spiro atoms. The van der Waals surface area contributed by atoms with Gasteiger partial charge in [0.05, 0.1) is 0 Å². The highest BCUT2D eigenvalue weighted by atomic mass is 31.1. The molecule has 22 heavy (non-hydrogen) atoms. The molecule has 5 heteroatoms. The molecule has 0 aliphatic heterocycles. The fraction of sp³-hybridized carbons (Fsp3) is 0.647. The van der Waals surface area contributed by atoms with Gasteiger partial charge >= 0.3 is 8.25 Å². The largest absolute Gasteiger partial charge is 0.507 e. The van der Waals surface area contributed by atoms with Gasteiger partial charge in [-0.3, -0.25) is 4.57 Å². The van der Waals surface area contributed by atoms with E-state index in [2.05, 4.69) is 60.6 Å². The lowest BCUT2D eigenvalue weighted by Gasteiger charge is -2.27. The second kappa shape index (κ2) is 8.71. The predicted molar refractivity (Wildman–Crippen MR) is 93.0 cm³/mol. The average Bonchev–Trinajstić information content (AvgIpc) is 2.37. The van der Waals surface area contributed by atoms with Crippen molar-refractivity contribution in [1.82, 2.24) is 0 Å². The highest BCUT2D eigenvalue weighted by molar-refractivity contribution is 7.30. The summed E-state index contributed by atoms with van der Waals surface area (Å²) in [4.78, 5) is 14.3. The first-order valence-corrected chi connectivity index (χ1v) is 9.03. The summed E-state index contributed by atoms with van der Waals surface area (Å²) in [5, 5.41) is 10.4. The van der Waals surface area contributed by atoms with E-state index in [0.717, 1.165) is 17.5 Å². The van der Waals surface area contributed by atoms with Gasteiger partial charge in [0.25, 0.3) is 0 Å². The topological polar surface area (TPSA) is 77.8 Å². The van der Waals surface area contributed by atoms with Gasteiger partial charge in [-0.25, -0.2) is 0 Å². The molecular weight excluding hydrogens is 299 g/mol. The molecule has 128 valence electrons. The Bertz CT molecular complexity index is 474. The zero-order valence-electron chi connectivity index (χ0n) is 14.8. The Morgan fingerprint density at radius 3 is 1.59 bits per heavy atom. The Hall–Kier alpha value is -0.830. The van der Waals surface area contributed by atoms with Crippen LogP contribution in [0.15, 0.2) is 12.1 Å². The van der Waals surface area contributed by atoms with Gasteiger partial charge in [-0.2, -0.15) is 0 Å². The van der Waals surface area contributed by atoms with Crippen LogP contribution in [0.3, 0.4) is 0 Å². The molecule has 1 aromatic rings. The van der Waals surface area contributed by atoms with E-state index in [-0.39, 0.29) is 5.41 Å². The third-order valence-electron chi connectivity index (χ3n) is 4.08. The maximum Gasteiger partial charge on any atom is 0.314 e. The molecule has 0 bridgehead atoms. The lowest BCUT2D eigenvalue weighted by atomic mass is 9.78. The zero-order valence-corrected chi connectivity index (χ0v) is 15.8. The van der Waals surface area contributed by atoms with E-state index in [0.29, 0.717) is 17.6 Å². The van der Waals surface area contributed by atoms with Crippen LogP contribution in [0.2, 0.25) is 0 Å². The van der Waals surface area contributed by atoms with Crippen molar-refractivity contribution in [3.8, 4) is 5.75 Å². The highest BCUT2D eigenvalue weighted by Gasteiger charge is 2.23. The quantitative estimate of drug-likeness (QED) is 0.700. The van der Waals surface area contributed by atoms with Gasteiger partial charge in [-0.15, -0.1) is 0 Å². The van der Waals surface area contributed by atoms with Gasteiger partial charge in [0.15, 0.2) is 0 Å². The minimum Gasteiger partial charge on any atom is -0.507 e. The van der Waals surface area contributed by atoms with Crippen LogP contribution in [-0.4, -0.2) is 14.9 Å². The van der Waals surface area contributed by atoms with Crippen LogP contribution in [0.25, 0.3) is 0 Å². The van der Waals surface area contributed by atoms with Gasteiger partial charge in [-0.1, -0.05) is 60.6 Å². The van der Waals surface area contributed by atoms with Crippen molar-refractivity contribution in [3.63, 3.8) is 0 Å². The molecule has 0 atom stereocenters. The first-order valence-electron chi connectivity index (χ1n) is 7.73. The van der Waals surface area contributed by atoms with Crippen molar-refractivity contribution in [1.29, 1.82) is 0 Å². The van der Waals surface area contributed by atoms with Crippen LogP contribution >= 0.6 is 8.25 Å². The third-order valence-corrected chi connectivity index (χ3v) is 4.08. The van der Waals surface area contributed by atoms with Crippen molar-refractivity contribution < 1.29 is 19.5 Å². The monoisotopic (exact) mass is 330 g/mol. The summed E-state index contributed by atoms with van der Waals surface area (Å²) in [7, 11) is -3.13. The van der Waals surface area contributed by atoms with Gasteiger partial charge in [0.1, 0.15) is 5.75 Å². The molecule has 4 nitrogen and oxygen atoms in total. The minimum atomic E-state index is -3.13. The van der Waals surface area contributed by atoms with Crippen molar-refractivity contribution in [3.05, 3.63) is 28.8 Å². The first kappa shape index (κ1) is 21.2. The lowest BCUT2D eigenvalue weighted by molar-refractivity contribution is 0.405. The number of phenols is 1. The van der Waals surface area contributed by atoms with Gasteiger partial charge < -0.3 is 14.9 Å². The van der Waals surface area contributed by atoms with Crippen LogP contribution in [0.1, 0.15) is 83.4 Å². The van der Waals surface area contributed by atoms with Crippen LogP contribution in [0.4, 0.5) is 0 Å². The van der Waals surface area contributed by atoms with Crippen molar-refractivity contribution in [2.45, 2.75) is 72.1 Å². The minimum absolute atomic E-state index is 0.168. The summed E-state index contributed by atoms with van der Waals surface area (Å²) >= 11 is 0. The number of benzene rings is 1. The maximum absolute atomic E-state index is 10.4. The van der Waals surface area contributed by atoms with E-state index >= 15 is 0 Å². The van der Waals surface area contributed by atoms with E-state index in [4.69, 9.17) is 14.4 Å². The molecule has 0 aromatic heterocycles. The number of phenolic OH excluding ortho intramolecular Hbond substituents is 1. The molecule has 1 aromatic carbocycles. The second-order valence-electron chi connectivity index (χ2n) is 6.83. The second-order valence-corrected chi connectivity index (χ2v) is 7.40. The van der Waals surface area contributed by atoms with E-state index in [1.165, 1.54) is 5.56 Å². The molecule has 0 amide bonds. The van der Waals surface area contributed by atoms with Gasteiger partial charge in [-0.05, 0) is 40.4 Å². The highest BCUT2D eigenvalue weighted by Crippen LogP contribution is 2.38. The Morgan fingerprint density at radius 2 is 1.36 bits per heavy atom. The number of hydrogen-bond donors (Lipinski definition) is 3. The third kappa shape index (κ3) is 6.12. The summed E-state index contributed by atoms with van der Waals surface area (Å²) < 4.78 is 8.74. The standard InChI is InChI=1S/C17H28O.H3O3P/c1-8-17(6,7)13-9-14(11(2)3)16(18)15(10-13)12(4)5;1-4(2)3/h9-12,18H,8H2,1-7H3;4H,(H2,1,2,3). The smallest absolute Gasteiger partial charge is 0.314 e. The van der Waals surface area contributed by atoms with Crippen LogP contribution < -0.4 is 0 Å². The molecule has 0 aliphatic rings. The summed E-state index contributed by atoms with van der Waals surface area (Å²) in [6, 6.07) is 4.38. The lowest BCUT2D eigenvalue weighted by Crippen LogP contribution is -2.16. The maximum atomic E-state index is 10.4. The summed E-state index contributed by atoms with van der Waals surface area (Å²) in [6.45, 7) is 15.3. The first-order chi connectivity index (χ1) is 9.93. The van der Waals surface area contributed by atoms with E-state index in [1.54, 1.807) is 0 Å². The SMILES string of the molecule is CCC(C)(C)c1cc(C(C)C)c(O)c(C(C)C)c1.O=[PH](O)O. The molecule has 0 heterocycles. The van der Waals surface area contributed by atoms with Crippen molar-refractivity contribution in [2.75, 3.05) is 0 Å². The fourth-order valence-corrected chi connectivity index (χ4v) is 2.16. The van der Waals surface area contributed by atoms with E-state index in [9.17, 15) is 5.11 Å². The van der Waals surface area contributed by atoms with Crippen LogP contribution in [0, 0.1) is 0 Å². The number of hydrogen-bond acceptors (Lipinski definition) is 2. The molecule has 1 rings (SSSR count). The van der Waals surface area contributed by atoms with Gasteiger partial charge in [0.2, 0.25) is 0 Å². The Kier molecular flexibility index (Phi) is 8.38. The van der Waals surface area contributed by atoms with Crippen molar-refractivity contribution in [2.24, 2.45) is 0 Å².